The number of phenolic OH excluding ortho intramolecular Hbond substituents is 1. The Morgan fingerprint density at radius 1 is 1.53 bits per heavy atom. The number of halogens is 1. The Kier molecular flexibility index (Phi) is 4.45. The largest absolute Gasteiger partial charge is 0.504 e. The number of aromatic hydroxyl groups is 1. The Morgan fingerprint density at radius 3 is 2.94 bits per heavy atom. The van der Waals surface area contributed by atoms with E-state index in [1.807, 2.05) is 0 Å². The maximum Gasteiger partial charge on any atom is 0.407 e. The first-order valence-electron chi connectivity index (χ1n) is 5.01. The second kappa shape index (κ2) is 5.63. The zero-order chi connectivity index (χ0) is 11.5. The van der Waals surface area contributed by atoms with Crippen LogP contribution in [0.3, 0.4) is 0 Å². The van der Waals surface area contributed by atoms with Crippen LogP contribution in [0.15, 0.2) is 18.2 Å². The van der Waals surface area contributed by atoms with E-state index in [1.165, 1.54) is 7.11 Å². The van der Waals surface area contributed by atoms with Gasteiger partial charge in [-0.2, -0.15) is 0 Å². The molecule has 0 aromatic heterocycles. The number of amides is 1. The summed E-state index contributed by atoms with van der Waals surface area (Å²) in [4.78, 5) is 11.1. The van der Waals surface area contributed by atoms with Crippen LogP contribution in [0.25, 0.3) is 0 Å². The lowest BCUT2D eigenvalue weighted by Gasteiger charge is -2.24. The van der Waals surface area contributed by atoms with Crippen molar-refractivity contribution >= 4 is 18.5 Å². The van der Waals surface area contributed by atoms with E-state index in [0.717, 1.165) is 5.56 Å². The van der Waals surface area contributed by atoms with Crippen LogP contribution in [0.1, 0.15) is 18.0 Å². The number of ether oxygens (including phenoxy) is 2. The Labute approximate surface area is 105 Å². The number of hydrogen-bond donors (Lipinski definition) is 2. The van der Waals surface area contributed by atoms with Crippen LogP contribution in [0.2, 0.25) is 0 Å². The molecule has 1 saturated heterocycles. The van der Waals surface area contributed by atoms with Gasteiger partial charge < -0.3 is 19.9 Å². The summed E-state index contributed by atoms with van der Waals surface area (Å²) in [6.45, 7) is 0.402. The van der Waals surface area contributed by atoms with E-state index in [2.05, 4.69) is 5.32 Å². The maximum absolute atomic E-state index is 11.1. The molecule has 1 amide bonds. The molecule has 17 heavy (non-hydrogen) atoms. The Balaban J connectivity index is 0.00000144. The van der Waals surface area contributed by atoms with Crippen molar-refractivity contribution in [3.05, 3.63) is 23.8 Å². The number of rotatable bonds is 2. The van der Waals surface area contributed by atoms with E-state index in [4.69, 9.17) is 9.47 Å². The van der Waals surface area contributed by atoms with Crippen LogP contribution in [0, 0.1) is 0 Å². The van der Waals surface area contributed by atoms with E-state index in [0.29, 0.717) is 18.8 Å². The standard InChI is InChI=1S/C11H13NO4.ClH/c1-15-10-6-7(2-3-9(10)13)8-4-5-16-11(14)12-8;/h2-3,6,8,13H,4-5H2,1H3,(H,12,14);1H/t8-;/m1./s1. The molecular formula is C11H14ClNO4. The highest BCUT2D eigenvalue weighted by Gasteiger charge is 2.21. The van der Waals surface area contributed by atoms with E-state index >= 15 is 0 Å². The molecule has 1 heterocycles. The molecule has 1 aromatic carbocycles. The van der Waals surface area contributed by atoms with Crippen LogP contribution < -0.4 is 10.1 Å². The summed E-state index contributed by atoms with van der Waals surface area (Å²) in [5, 5.41) is 12.2. The van der Waals surface area contributed by atoms with Crippen molar-refractivity contribution in [1.82, 2.24) is 5.32 Å². The monoisotopic (exact) mass is 259 g/mol. The Hall–Kier alpha value is -1.62. The van der Waals surface area contributed by atoms with Gasteiger partial charge in [-0.3, -0.25) is 0 Å². The number of alkyl carbamates (subject to hydrolysis) is 1. The predicted molar refractivity (Wildman–Crippen MR) is 63.7 cm³/mol. The fraction of sp³-hybridized carbons (Fsp3) is 0.364. The number of hydrogen-bond acceptors (Lipinski definition) is 4. The number of carbonyl (C=O) groups is 1. The van der Waals surface area contributed by atoms with Gasteiger partial charge in [0.1, 0.15) is 0 Å². The summed E-state index contributed by atoms with van der Waals surface area (Å²) in [6.07, 6.45) is 0.294. The van der Waals surface area contributed by atoms with Crippen molar-refractivity contribution in [3.8, 4) is 11.5 Å². The molecule has 0 spiro atoms. The molecule has 2 rings (SSSR count). The van der Waals surface area contributed by atoms with Gasteiger partial charge in [0.05, 0.1) is 19.8 Å². The molecule has 94 valence electrons. The first-order valence-corrected chi connectivity index (χ1v) is 5.01. The maximum atomic E-state index is 11.1. The summed E-state index contributed by atoms with van der Waals surface area (Å²) in [5.74, 6) is 0.489. The topological polar surface area (TPSA) is 67.8 Å². The molecule has 1 aliphatic rings. The van der Waals surface area contributed by atoms with Crippen molar-refractivity contribution in [2.45, 2.75) is 12.5 Å². The molecule has 1 fully saturated rings. The van der Waals surface area contributed by atoms with Crippen molar-refractivity contribution in [1.29, 1.82) is 0 Å². The third-order valence-corrected chi connectivity index (χ3v) is 2.54. The smallest absolute Gasteiger partial charge is 0.407 e. The minimum absolute atomic E-state index is 0. The number of nitrogens with one attached hydrogen (secondary N) is 1. The second-order valence-electron chi connectivity index (χ2n) is 3.55. The third kappa shape index (κ3) is 2.94. The van der Waals surface area contributed by atoms with Gasteiger partial charge in [-0.15, -0.1) is 12.4 Å². The summed E-state index contributed by atoms with van der Waals surface area (Å²) >= 11 is 0. The average molecular weight is 260 g/mol. The lowest BCUT2D eigenvalue weighted by Crippen LogP contribution is -2.35. The fourth-order valence-corrected chi connectivity index (χ4v) is 1.69. The minimum Gasteiger partial charge on any atom is -0.504 e. The fourth-order valence-electron chi connectivity index (χ4n) is 1.69. The molecule has 1 aliphatic heterocycles. The van der Waals surface area contributed by atoms with Gasteiger partial charge in [0, 0.05) is 6.42 Å². The van der Waals surface area contributed by atoms with E-state index in [1.54, 1.807) is 18.2 Å². The number of methoxy groups -OCH3 is 1. The molecule has 0 saturated carbocycles. The van der Waals surface area contributed by atoms with Gasteiger partial charge in [-0.05, 0) is 17.7 Å². The van der Waals surface area contributed by atoms with E-state index in [-0.39, 0.29) is 24.2 Å². The number of carbonyl (C=O) groups excluding carboxylic acids is 1. The number of cyclic esters (lactones) is 1. The molecule has 6 heteroatoms. The SMILES string of the molecule is COc1cc([C@H]2CCOC(=O)N2)ccc1O.Cl. The van der Waals surface area contributed by atoms with Gasteiger partial charge in [0.15, 0.2) is 11.5 Å². The van der Waals surface area contributed by atoms with Gasteiger partial charge in [-0.25, -0.2) is 4.79 Å². The lowest BCUT2D eigenvalue weighted by molar-refractivity contribution is 0.115. The van der Waals surface area contributed by atoms with Crippen molar-refractivity contribution in [3.63, 3.8) is 0 Å². The molecule has 1 atom stereocenters. The molecule has 0 radical (unpaired) electrons. The Bertz CT molecular complexity index is 410. The van der Waals surface area contributed by atoms with Gasteiger partial charge in [0.2, 0.25) is 0 Å². The minimum atomic E-state index is -0.414. The first-order chi connectivity index (χ1) is 7.70. The summed E-state index contributed by atoms with van der Waals surface area (Å²) in [7, 11) is 1.49. The van der Waals surface area contributed by atoms with Crippen LogP contribution in [0.5, 0.6) is 11.5 Å². The van der Waals surface area contributed by atoms with Crippen LogP contribution >= 0.6 is 12.4 Å². The molecule has 0 bridgehead atoms. The van der Waals surface area contributed by atoms with Crippen LogP contribution in [-0.2, 0) is 4.74 Å². The molecule has 1 aromatic rings. The zero-order valence-electron chi connectivity index (χ0n) is 9.30. The number of benzene rings is 1. The lowest BCUT2D eigenvalue weighted by atomic mass is 10.0. The summed E-state index contributed by atoms with van der Waals surface area (Å²) in [5.41, 5.74) is 0.895. The molecule has 2 N–H and O–H groups in total. The van der Waals surface area contributed by atoms with E-state index < -0.39 is 6.09 Å². The van der Waals surface area contributed by atoms with Crippen molar-refractivity contribution in [2.75, 3.05) is 13.7 Å². The third-order valence-electron chi connectivity index (χ3n) is 2.54. The zero-order valence-corrected chi connectivity index (χ0v) is 10.1. The second-order valence-corrected chi connectivity index (χ2v) is 3.55. The molecule has 0 aliphatic carbocycles. The quantitative estimate of drug-likeness (QED) is 0.852. The van der Waals surface area contributed by atoms with Gasteiger partial charge in [-0.1, -0.05) is 6.07 Å². The normalized spacial score (nSPS) is 18.6. The molecular weight excluding hydrogens is 246 g/mol. The first kappa shape index (κ1) is 13.4. The van der Waals surface area contributed by atoms with Crippen molar-refractivity contribution in [2.24, 2.45) is 0 Å². The van der Waals surface area contributed by atoms with Crippen molar-refractivity contribution < 1.29 is 19.4 Å². The van der Waals surface area contributed by atoms with Crippen LogP contribution in [0.4, 0.5) is 4.79 Å². The summed E-state index contributed by atoms with van der Waals surface area (Å²) < 4.78 is 9.79. The highest BCUT2D eigenvalue weighted by atomic mass is 35.5. The van der Waals surface area contributed by atoms with E-state index in [9.17, 15) is 9.90 Å². The Morgan fingerprint density at radius 2 is 2.29 bits per heavy atom. The molecule has 0 unspecified atom stereocenters. The average Bonchev–Trinajstić information content (AvgIpc) is 2.29. The molecule has 5 nitrogen and oxygen atoms in total. The van der Waals surface area contributed by atoms with Crippen LogP contribution in [-0.4, -0.2) is 24.9 Å². The predicted octanol–water partition coefficient (Wildman–Crippen LogP) is 1.99. The highest BCUT2D eigenvalue weighted by Crippen LogP contribution is 2.30. The van der Waals surface area contributed by atoms with Gasteiger partial charge >= 0.3 is 6.09 Å². The highest BCUT2D eigenvalue weighted by molar-refractivity contribution is 5.85. The van der Waals surface area contributed by atoms with Gasteiger partial charge in [0.25, 0.3) is 0 Å². The summed E-state index contributed by atoms with van der Waals surface area (Å²) in [6, 6.07) is 4.94. The number of phenols is 1.